The number of rotatable bonds is 3. The molecule has 0 saturated carbocycles. The predicted molar refractivity (Wildman–Crippen MR) is 117 cm³/mol. The number of para-hydroxylation sites is 3. The highest BCUT2D eigenvalue weighted by Crippen LogP contribution is 2.30. The molecule has 0 N–H and O–H groups in total. The summed E-state index contributed by atoms with van der Waals surface area (Å²) in [7, 11) is -0.431. The molecule has 0 aliphatic carbocycles. The van der Waals surface area contributed by atoms with Crippen LogP contribution in [0.15, 0.2) is 91.2 Å². The summed E-state index contributed by atoms with van der Waals surface area (Å²) >= 11 is 0. The summed E-state index contributed by atoms with van der Waals surface area (Å²) < 4.78 is 14.0. The summed E-state index contributed by atoms with van der Waals surface area (Å²) in [5.74, 6) is 1.55. The Kier molecular flexibility index (Phi) is 4.07. The van der Waals surface area contributed by atoms with Crippen LogP contribution in [0.4, 0.5) is 0 Å². The molecule has 0 bridgehead atoms. The van der Waals surface area contributed by atoms with Crippen molar-refractivity contribution >= 4 is 23.6 Å². The van der Waals surface area contributed by atoms with Gasteiger partial charge in [0.15, 0.2) is 0 Å². The van der Waals surface area contributed by atoms with E-state index in [1.54, 1.807) is 0 Å². The first-order valence-electron chi connectivity index (χ1n) is 9.70. The average Bonchev–Trinajstić information content (AvgIpc) is 3.26. The maximum absolute atomic E-state index is 5.99. The number of hydrogen-bond donors (Lipinski definition) is 0. The van der Waals surface area contributed by atoms with E-state index in [-0.39, 0.29) is 0 Å². The monoisotopic (exact) mass is 380 g/mol. The first-order chi connectivity index (χ1) is 14.0. The van der Waals surface area contributed by atoms with Crippen LogP contribution < -0.4 is 5.46 Å². The Morgan fingerprint density at radius 3 is 2.28 bits per heavy atom. The molecule has 1 aliphatic rings. The van der Waals surface area contributed by atoms with E-state index < -0.39 is 12.7 Å². The number of nitrogens with zero attached hydrogens (tertiary/aromatic N) is 2. The number of hydrogen-bond acceptors (Lipinski definition) is 3. The Morgan fingerprint density at radius 2 is 1.59 bits per heavy atom. The van der Waals surface area contributed by atoms with Gasteiger partial charge in [-0.1, -0.05) is 61.2 Å². The van der Waals surface area contributed by atoms with Gasteiger partial charge >= 0.3 is 7.12 Å². The normalized spacial score (nSPS) is 15.7. The lowest BCUT2D eigenvalue weighted by Gasteiger charge is -2.15. The van der Waals surface area contributed by atoms with Crippen molar-refractivity contribution in [3.8, 4) is 17.1 Å². The van der Waals surface area contributed by atoms with Gasteiger partial charge in [-0.15, -0.1) is 0 Å². The lowest BCUT2D eigenvalue weighted by molar-refractivity contribution is 0.173. The Bertz CT molecular complexity index is 1200. The van der Waals surface area contributed by atoms with Crippen molar-refractivity contribution in [3.63, 3.8) is 0 Å². The Hall–Kier alpha value is -3.31. The first kappa shape index (κ1) is 17.8. The molecule has 4 aromatic rings. The molecule has 2 heterocycles. The smallest absolute Gasteiger partial charge is 0.534 e. The van der Waals surface area contributed by atoms with E-state index >= 15 is 0 Å². The van der Waals surface area contributed by atoms with Crippen molar-refractivity contribution in [3.05, 3.63) is 91.2 Å². The van der Waals surface area contributed by atoms with Crippen LogP contribution in [0, 0.1) is 0 Å². The number of fused-ring (bicyclic) bond motifs is 1. The van der Waals surface area contributed by atoms with Gasteiger partial charge in [0.1, 0.15) is 11.4 Å². The summed E-state index contributed by atoms with van der Waals surface area (Å²) in [5.41, 5.74) is 4.65. The summed E-state index contributed by atoms with van der Waals surface area (Å²) in [6.07, 6.45) is 0. The van der Waals surface area contributed by atoms with Crippen molar-refractivity contribution in [2.75, 3.05) is 0 Å². The van der Waals surface area contributed by atoms with Gasteiger partial charge < -0.3 is 9.31 Å². The Morgan fingerprint density at radius 1 is 0.897 bits per heavy atom. The third kappa shape index (κ3) is 3.04. The van der Waals surface area contributed by atoms with E-state index in [2.05, 4.69) is 41.5 Å². The van der Waals surface area contributed by atoms with E-state index in [9.17, 15) is 0 Å². The summed E-state index contributed by atoms with van der Waals surface area (Å²) in [6.45, 7) is 7.89. The van der Waals surface area contributed by atoms with E-state index in [0.29, 0.717) is 5.76 Å². The minimum absolute atomic E-state index is 0.431. The molecule has 1 fully saturated rings. The van der Waals surface area contributed by atoms with Crippen molar-refractivity contribution in [2.45, 2.75) is 19.4 Å². The van der Waals surface area contributed by atoms with Crippen molar-refractivity contribution < 1.29 is 9.31 Å². The van der Waals surface area contributed by atoms with Crippen LogP contribution in [0.3, 0.4) is 0 Å². The van der Waals surface area contributed by atoms with E-state index in [1.807, 2.05) is 62.4 Å². The fraction of sp³-hybridized carbons (Fsp3) is 0.125. The third-order valence-electron chi connectivity index (χ3n) is 5.34. The Balaban J connectivity index is 1.57. The number of benzene rings is 3. The standard InChI is InChI=1S/C24H21BN2O2/c1-17-24(2,3)29-25(28-17)19-15-13-18(14-16-19)23-26-21-11-7-8-12-22(21)27(23)20-9-5-4-6-10-20/h4-16H,1H2,2-3H3. The highest BCUT2D eigenvalue weighted by atomic mass is 16.7. The van der Waals surface area contributed by atoms with Crippen molar-refractivity contribution in [1.82, 2.24) is 9.55 Å². The fourth-order valence-corrected chi connectivity index (χ4v) is 3.61. The molecule has 142 valence electrons. The largest absolute Gasteiger partial charge is 0.563 e. The molecule has 0 atom stereocenters. The Labute approximate surface area is 170 Å². The van der Waals surface area contributed by atoms with Crippen LogP contribution in [0.25, 0.3) is 28.1 Å². The fourth-order valence-electron chi connectivity index (χ4n) is 3.61. The van der Waals surface area contributed by atoms with Crippen molar-refractivity contribution in [1.29, 1.82) is 0 Å². The zero-order chi connectivity index (χ0) is 20.0. The average molecular weight is 380 g/mol. The highest BCUT2D eigenvalue weighted by Gasteiger charge is 2.42. The zero-order valence-corrected chi connectivity index (χ0v) is 16.5. The van der Waals surface area contributed by atoms with Gasteiger partial charge in [-0.05, 0) is 43.6 Å². The topological polar surface area (TPSA) is 36.3 Å². The van der Waals surface area contributed by atoms with Crippen LogP contribution in [0.2, 0.25) is 0 Å². The highest BCUT2D eigenvalue weighted by molar-refractivity contribution is 6.62. The minimum Gasteiger partial charge on any atom is -0.534 e. The van der Waals surface area contributed by atoms with Gasteiger partial charge in [0.25, 0.3) is 0 Å². The SMILES string of the molecule is C=C1OB(c2ccc(-c3nc4ccccc4n3-c3ccccc3)cc2)OC1(C)C. The molecule has 1 aromatic heterocycles. The van der Waals surface area contributed by atoms with Gasteiger partial charge in [0, 0.05) is 11.3 Å². The third-order valence-corrected chi connectivity index (χ3v) is 5.34. The second-order valence-electron chi connectivity index (χ2n) is 7.72. The number of imidazole rings is 1. The molecule has 1 saturated heterocycles. The molecule has 0 amide bonds. The summed E-state index contributed by atoms with van der Waals surface area (Å²) in [4.78, 5) is 4.91. The van der Waals surface area contributed by atoms with Gasteiger partial charge in [-0.3, -0.25) is 4.57 Å². The van der Waals surface area contributed by atoms with E-state index in [4.69, 9.17) is 14.3 Å². The minimum atomic E-state index is -0.482. The van der Waals surface area contributed by atoms with Crippen LogP contribution in [0.1, 0.15) is 13.8 Å². The molecule has 29 heavy (non-hydrogen) atoms. The summed E-state index contributed by atoms with van der Waals surface area (Å²) in [6, 6.07) is 26.7. The van der Waals surface area contributed by atoms with Crippen LogP contribution >= 0.6 is 0 Å². The predicted octanol–water partition coefficient (Wildman–Crippen LogP) is 4.73. The van der Waals surface area contributed by atoms with Gasteiger partial charge in [0.2, 0.25) is 0 Å². The second kappa shape index (κ2) is 6.64. The molecule has 4 nitrogen and oxygen atoms in total. The summed E-state index contributed by atoms with van der Waals surface area (Å²) in [5, 5.41) is 0. The molecule has 5 rings (SSSR count). The molecular formula is C24H21BN2O2. The second-order valence-corrected chi connectivity index (χ2v) is 7.72. The van der Waals surface area contributed by atoms with Gasteiger partial charge in [0.05, 0.1) is 16.8 Å². The molecule has 0 radical (unpaired) electrons. The molecular weight excluding hydrogens is 359 g/mol. The van der Waals surface area contributed by atoms with Gasteiger partial charge in [-0.25, -0.2) is 4.98 Å². The molecule has 0 unspecified atom stereocenters. The molecule has 1 aliphatic heterocycles. The maximum atomic E-state index is 5.99. The van der Waals surface area contributed by atoms with Crippen LogP contribution in [-0.4, -0.2) is 22.3 Å². The first-order valence-corrected chi connectivity index (χ1v) is 9.70. The lowest BCUT2D eigenvalue weighted by atomic mass is 9.79. The molecule has 3 aromatic carbocycles. The van der Waals surface area contributed by atoms with Crippen LogP contribution in [0.5, 0.6) is 0 Å². The number of aromatic nitrogens is 2. The lowest BCUT2D eigenvalue weighted by Crippen LogP contribution is -2.34. The molecule has 5 heteroatoms. The van der Waals surface area contributed by atoms with E-state index in [0.717, 1.165) is 33.6 Å². The quantitative estimate of drug-likeness (QED) is 0.483. The molecule has 0 spiro atoms. The van der Waals surface area contributed by atoms with Gasteiger partial charge in [-0.2, -0.15) is 0 Å². The van der Waals surface area contributed by atoms with Crippen molar-refractivity contribution in [2.24, 2.45) is 0 Å². The zero-order valence-electron chi connectivity index (χ0n) is 16.5. The van der Waals surface area contributed by atoms with E-state index in [1.165, 1.54) is 0 Å². The maximum Gasteiger partial charge on any atom is 0.563 e. The van der Waals surface area contributed by atoms with Crippen LogP contribution in [-0.2, 0) is 9.31 Å².